The van der Waals surface area contributed by atoms with Crippen molar-refractivity contribution < 1.29 is 19.1 Å². The number of carbonyl (C=O) groups is 2. The van der Waals surface area contributed by atoms with Crippen molar-refractivity contribution in [1.82, 2.24) is 0 Å². The Bertz CT molecular complexity index is 934. The minimum atomic E-state index is -0.437. The molecule has 1 heterocycles. The van der Waals surface area contributed by atoms with Crippen molar-refractivity contribution in [3.63, 3.8) is 0 Å². The Morgan fingerprint density at radius 2 is 1.81 bits per heavy atom. The van der Waals surface area contributed by atoms with Crippen LogP contribution in [0.5, 0.6) is 5.75 Å². The first kappa shape index (κ1) is 23.9. The summed E-state index contributed by atoms with van der Waals surface area (Å²) in [6, 6.07) is 3.07. The van der Waals surface area contributed by atoms with Gasteiger partial charge >= 0.3 is 5.97 Å². The molecule has 31 heavy (non-hydrogen) atoms. The number of nitrogens with one attached hydrogen (secondary N) is 1. The van der Waals surface area contributed by atoms with Crippen LogP contribution in [0.4, 0.5) is 5.00 Å². The lowest BCUT2D eigenvalue weighted by Crippen LogP contribution is -2.15. The largest absolute Gasteiger partial charge is 0.490 e. The van der Waals surface area contributed by atoms with Crippen LogP contribution in [0.15, 0.2) is 12.1 Å². The van der Waals surface area contributed by atoms with Crippen molar-refractivity contribution in [1.29, 1.82) is 0 Å². The van der Waals surface area contributed by atoms with Gasteiger partial charge in [-0.1, -0.05) is 55.8 Å². The van der Waals surface area contributed by atoms with Gasteiger partial charge in [0.25, 0.3) is 5.91 Å². The van der Waals surface area contributed by atoms with Crippen molar-refractivity contribution in [2.24, 2.45) is 0 Å². The Labute approximate surface area is 197 Å². The molecule has 0 radical (unpaired) electrons. The molecular formula is C23H27Cl2NO4S. The second-order valence-electron chi connectivity index (χ2n) is 7.54. The predicted octanol–water partition coefficient (Wildman–Crippen LogP) is 6.93. The molecule has 0 atom stereocenters. The van der Waals surface area contributed by atoms with Crippen molar-refractivity contribution >= 4 is 51.4 Å². The molecule has 1 amide bonds. The maximum Gasteiger partial charge on any atom is 0.341 e. The van der Waals surface area contributed by atoms with Gasteiger partial charge in [-0.15, -0.1) is 11.3 Å². The summed E-state index contributed by atoms with van der Waals surface area (Å²) < 4.78 is 10.7. The Balaban J connectivity index is 1.70. The number of anilines is 1. The lowest BCUT2D eigenvalue weighted by Gasteiger charge is -2.12. The van der Waals surface area contributed by atoms with Gasteiger partial charge in [0.05, 0.1) is 29.3 Å². The van der Waals surface area contributed by atoms with Crippen molar-refractivity contribution in [3.05, 3.63) is 43.7 Å². The van der Waals surface area contributed by atoms with Crippen LogP contribution in [0, 0.1) is 0 Å². The molecule has 1 N–H and O–H groups in total. The van der Waals surface area contributed by atoms with Gasteiger partial charge < -0.3 is 14.8 Å². The Morgan fingerprint density at radius 1 is 1.10 bits per heavy atom. The van der Waals surface area contributed by atoms with Crippen molar-refractivity contribution in [3.8, 4) is 5.75 Å². The van der Waals surface area contributed by atoms with E-state index < -0.39 is 5.97 Å². The van der Waals surface area contributed by atoms with E-state index in [2.05, 4.69) is 12.2 Å². The van der Waals surface area contributed by atoms with Crippen LogP contribution in [-0.4, -0.2) is 25.6 Å². The lowest BCUT2D eigenvalue weighted by molar-refractivity contribution is 0.0601. The molecule has 1 aliphatic carbocycles. The molecule has 1 aromatic carbocycles. The zero-order chi connectivity index (χ0) is 22.4. The molecule has 1 aliphatic rings. The van der Waals surface area contributed by atoms with E-state index in [1.54, 1.807) is 0 Å². The molecule has 1 aromatic heterocycles. The van der Waals surface area contributed by atoms with Gasteiger partial charge in [-0.2, -0.15) is 0 Å². The summed E-state index contributed by atoms with van der Waals surface area (Å²) in [5.74, 6) is -0.436. The number of rotatable bonds is 10. The van der Waals surface area contributed by atoms with Crippen LogP contribution >= 0.6 is 34.5 Å². The lowest BCUT2D eigenvalue weighted by atomic mass is 10.1. The highest BCUT2D eigenvalue weighted by Crippen LogP contribution is 2.40. The van der Waals surface area contributed by atoms with E-state index in [1.165, 1.54) is 49.8 Å². The number of benzene rings is 1. The number of hydrogen-bond acceptors (Lipinski definition) is 5. The second-order valence-corrected chi connectivity index (χ2v) is 9.46. The number of fused-ring (bicyclic) bond motifs is 1. The van der Waals surface area contributed by atoms with E-state index in [9.17, 15) is 9.59 Å². The van der Waals surface area contributed by atoms with Crippen LogP contribution in [0.25, 0.3) is 0 Å². The number of methoxy groups -OCH3 is 1. The molecule has 8 heteroatoms. The maximum absolute atomic E-state index is 12.9. The fraction of sp³-hybridized carbons (Fsp3) is 0.478. The van der Waals surface area contributed by atoms with Gasteiger partial charge in [-0.25, -0.2) is 4.79 Å². The van der Waals surface area contributed by atoms with Crippen LogP contribution in [0.2, 0.25) is 10.0 Å². The average molecular weight is 484 g/mol. The number of halogens is 2. The van der Waals surface area contributed by atoms with Crippen molar-refractivity contribution in [2.75, 3.05) is 19.0 Å². The fourth-order valence-corrected chi connectivity index (χ4v) is 5.56. The van der Waals surface area contributed by atoms with Gasteiger partial charge in [0, 0.05) is 10.4 Å². The van der Waals surface area contributed by atoms with Gasteiger partial charge in [0.2, 0.25) is 0 Å². The summed E-state index contributed by atoms with van der Waals surface area (Å²) in [7, 11) is 1.34. The summed E-state index contributed by atoms with van der Waals surface area (Å²) in [5, 5.41) is 3.91. The normalized spacial score (nSPS) is 12.5. The number of thiophene rings is 1. The summed E-state index contributed by atoms with van der Waals surface area (Å²) in [5.41, 5.74) is 1.73. The first-order valence-electron chi connectivity index (χ1n) is 10.6. The summed E-state index contributed by atoms with van der Waals surface area (Å²) in [6.45, 7) is 2.70. The van der Waals surface area contributed by atoms with Gasteiger partial charge in [0.15, 0.2) is 5.75 Å². The third kappa shape index (κ3) is 5.73. The van der Waals surface area contributed by atoms with E-state index in [0.717, 1.165) is 42.5 Å². The second kappa shape index (κ2) is 11.2. The molecule has 5 nitrogen and oxygen atoms in total. The molecule has 0 unspecified atom stereocenters. The zero-order valence-corrected chi connectivity index (χ0v) is 20.1. The highest BCUT2D eigenvalue weighted by Gasteiger charge is 2.28. The van der Waals surface area contributed by atoms with Crippen LogP contribution < -0.4 is 10.1 Å². The predicted molar refractivity (Wildman–Crippen MR) is 126 cm³/mol. The fourth-order valence-electron chi connectivity index (χ4n) is 3.69. The molecule has 0 spiro atoms. The Morgan fingerprint density at radius 3 is 2.48 bits per heavy atom. The number of hydrogen-bond donors (Lipinski definition) is 1. The van der Waals surface area contributed by atoms with Gasteiger partial charge in [-0.05, 0) is 43.4 Å². The van der Waals surface area contributed by atoms with Gasteiger partial charge in [0.1, 0.15) is 5.00 Å². The van der Waals surface area contributed by atoms with Crippen LogP contribution in [0.1, 0.15) is 76.6 Å². The van der Waals surface area contributed by atoms with E-state index in [-0.39, 0.29) is 16.0 Å². The minimum Gasteiger partial charge on any atom is -0.490 e. The van der Waals surface area contributed by atoms with E-state index in [1.807, 2.05) is 0 Å². The molecule has 0 bridgehead atoms. The molecule has 3 rings (SSSR count). The first-order valence-corrected chi connectivity index (χ1v) is 12.2. The molecule has 0 saturated heterocycles. The van der Waals surface area contributed by atoms with Crippen LogP contribution in [0.3, 0.4) is 0 Å². The molecular weight excluding hydrogens is 457 g/mol. The summed E-state index contributed by atoms with van der Waals surface area (Å²) >= 11 is 14.1. The molecule has 0 aliphatic heterocycles. The third-order valence-corrected chi connectivity index (χ3v) is 7.06. The molecule has 2 aromatic rings. The number of unbranched alkanes of at least 4 members (excludes halogenated alkanes) is 4. The van der Waals surface area contributed by atoms with Crippen LogP contribution in [-0.2, 0) is 17.6 Å². The number of carbonyl (C=O) groups excluding carboxylic acids is 2. The summed E-state index contributed by atoms with van der Waals surface area (Å²) in [4.78, 5) is 26.3. The highest BCUT2D eigenvalue weighted by atomic mass is 35.5. The SMILES string of the molecule is CCCCCCCOc1c(Cl)cc(C(=O)Nc2sc3c(c2C(=O)OC)CCC3)cc1Cl. The molecule has 0 fully saturated rings. The highest BCUT2D eigenvalue weighted by molar-refractivity contribution is 7.17. The molecule has 0 saturated carbocycles. The van der Waals surface area contributed by atoms with E-state index in [0.29, 0.717) is 28.5 Å². The topological polar surface area (TPSA) is 64.6 Å². The number of aryl methyl sites for hydroxylation is 1. The number of amides is 1. The standard InChI is InChI=1S/C23H27Cl2NO4S/c1-3-4-5-6-7-11-30-20-16(24)12-14(13-17(20)25)21(27)26-22-19(23(28)29-2)15-9-8-10-18(15)31-22/h12-13H,3-11H2,1-2H3,(H,26,27). The summed E-state index contributed by atoms with van der Waals surface area (Å²) in [6.07, 6.45) is 8.33. The molecule has 168 valence electrons. The van der Waals surface area contributed by atoms with E-state index >= 15 is 0 Å². The minimum absolute atomic E-state index is 0.285. The monoisotopic (exact) mass is 483 g/mol. The Kier molecular flexibility index (Phi) is 8.64. The maximum atomic E-state index is 12.9. The van der Waals surface area contributed by atoms with Crippen molar-refractivity contribution in [2.45, 2.75) is 58.3 Å². The smallest absolute Gasteiger partial charge is 0.341 e. The van der Waals surface area contributed by atoms with Gasteiger partial charge in [-0.3, -0.25) is 4.79 Å². The number of ether oxygens (including phenoxy) is 2. The zero-order valence-electron chi connectivity index (χ0n) is 17.8. The third-order valence-electron chi connectivity index (χ3n) is 5.29. The Hall–Kier alpha value is -1.76. The first-order chi connectivity index (χ1) is 15.0. The average Bonchev–Trinajstić information content (AvgIpc) is 3.32. The number of esters is 1. The quantitative estimate of drug-likeness (QED) is 0.293. The van der Waals surface area contributed by atoms with E-state index in [4.69, 9.17) is 32.7 Å².